The molecule has 2 aromatic heterocycles. The molecule has 0 radical (unpaired) electrons. The van der Waals surface area contributed by atoms with Crippen molar-refractivity contribution in [3.05, 3.63) is 45.2 Å². The lowest BCUT2D eigenvalue weighted by atomic mass is 10.2. The number of hydrogen-bond donors (Lipinski definition) is 1. The SMILES string of the molecule is Cc1cc2c(cc1F)[nH]c(=S)n2Cc1c(C)nn(C)c1C. The molecule has 0 aliphatic rings. The molecule has 2 heterocycles. The number of fused-ring (bicyclic) bond motifs is 1. The number of imidazole rings is 1. The minimum atomic E-state index is -0.223. The van der Waals surface area contributed by atoms with E-state index in [1.54, 1.807) is 6.92 Å². The van der Waals surface area contributed by atoms with Gasteiger partial charge < -0.3 is 9.55 Å². The first-order valence-corrected chi connectivity index (χ1v) is 7.17. The standard InChI is InChI=1S/C15H17FN4S/c1-8-5-14-13(6-12(8)16)17-15(21)20(14)7-11-9(2)18-19(4)10(11)3/h5-6H,7H2,1-4H3,(H,17,21). The fraction of sp³-hybridized carbons (Fsp3) is 0.333. The Bertz CT molecular complexity index is 901. The molecule has 3 rings (SSSR count). The highest BCUT2D eigenvalue weighted by atomic mass is 32.1. The molecule has 0 bridgehead atoms. The zero-order valence-corrected chi connectivity index (χ0v) is 13.3. The quantitative estimate of drug-likeness (QED) is 0.735. The Morgan fingerprint density at radius 1 is 1.29 bits per heavy atom. The van der Waals surface area contributed by atoms with Crippen LogP contribution in [0.5, 0.6) is 0 Å². The first kappa shape index (κ1) is 14.0. The largest absolute Gasteiger partial charge is 0.330 e. The summed E-state index contributed by atoms with van der Waals surface area (Å²) in [4.78, 5) is 3.07. The second kappa shape index (κ2) is 4.80. The summed E-state index contributed by atoms with van der Waals surface area (Å²) in [6.45, 7) is 6.43. The summed E-state index contributed by atoms with van der Waals surface area (Å²) >= 11 is 5.39. The Balaban J connectivity index is 2.19. The van der Waals surface area contributed by atoms with Crippen LogP contribution >= 0.6 is 12.2 Å². The number of aryl methyl sites for hydroxylation is 3. The van der Waals surface area contributed by atoms with Crippen LogP contribution < -0.4 is 0 Å². The maximum absolute atomic E-state index is 13.7. The topological polar surface area (TPSA) is 38.5 Å². The Labute approximate surface area is 127 Å². The predicted molar refractivity (Wildman–Crippen MR) is 83.6 cm³/mol. The number of rotatable bonds is 2. The van der Waals surface area contributed by atoms with Crippen LogP contribution in [-0.2, 0) is 13.6 Å². The molecular weight excluding hydrogens is 287 g/mol. The van der Waals surface area contributed by atoms with Gasteiger partial charge in [-0.05, 0) is 50.7 Å². The van der Waals surface area contributed by atoms with Crippen molar-refractivity contribution in [2.24, 2.45) is 7.05 Å². The summed E-state index contributed by atoms with van der Waals surface area (Å²) in [5.41, 5.74) is 5.51. The summed E-state index contributed by atoms with van der Waals surface area (Å²) in [5.74, 6) is -0.223. The summed E-state index contributed by atoms with van der Waals surface area (Å²) in [5, 5.41) is 4.43. The third-order valence-corrected chi connectivity index (χ3v) is 4.35. The third-order valence-electron chi connectivity index (χ3n) is 4.03. The van der Waals surface area contributed by atoms with Crippen molar-refractivity contribution in [1.29, 1.82) is 0 Å². The van der Waals surface area contributed by atoms with E-state index in [1.165, 1.54) is 6.07 Å². The number of halogens is 1. The van der Waals surface area contributed by atoms with Gasteiger partial charge in [0.15, 0.2) is 4.77 Å². The molecule has 1 aromatic carbocycles. The lowest BCUT2D eigenvalue weighted by molar-refractivity contribution is 0.620. The minimum absolute atomic E-state index is 0.223. The molecule has 21 heavy (non-hydrogen) atoms. The van der Waals surface area contributed by atoms with Crippen molar-refractivity contribution in [3.8, 4) is 0 Å². The van der Waals surface area contributed by atoms with Crippen molar-refractivity contribution in [2.45, 2.75) is 27.3 Å². The third kappa shape index (κ3) is 2.19. The maximum atomic E-state index is 13.7. The van der Waals surface area contributed by atoms with E-state index in [0.29, 0.717) is 16.9 Å². The van der Waals surface area contributed by atoms with Gasteiger partial charge in [-0.25, -0.2) is 4.39 Å². The van der Waals surface area contributed by atoms with E-state index >= 15 is 0 Å². The van der Waals surface area contributed by atoms with Gasteiger partial charge in [-0.15, -0.1) is 0 Å². The zero-order valence-electron chi connectivity index (χ0n) is 12.5. The van der Waals surface area contributed by atoms with Crippen molar-refractivity contribution in [2.75, 3.05) is 0 Å². The van der Waals surface area contributed by atoms with E-state index in [1.807, 2.05) is 36.2 Å². The van der Waals surface area contributed by atoms with E-state index in [2.05, 4.69) is 10.1 Å². The summed E-state index contributed by atoms with van der Waals surface area (Å²) < 4.78 is 18.1. The number of aromatic nitrogens is 4. The highest BCUT2D eigenvalue weighted by Gasteiger charge is 2.13. The number of H-pyrrole nitrogens is 1. The number of hydrogen-bond acceptors (Lipinski definition) is 2. The monoisotopic (exact) mass is 304 g/mol. The van der Waals surface area contributed by atoms with Crippen LogP contribution in [0.3, 0.4) is 0 Å². The highest BCUT2D eigenvalue weighted by molar-refractivity contribution is 7.71. The molecule has 0 atom stereocenters. The van der Waals surface area contributed by atoms with Gasteiger partial charge in [-0.2, -0.15) is 5.10 Å². The van der Waals surface area contributed by atoms with Gasteiger partial charge in [-0.3, -0.25) is 4.68 Å². The molecule has 0 spiro atoms. The normalized spacial score (nSPS) is 11.5. The Hall–Kier alpha value is -1.95. The lowest BCUT2D eigenvalue weighted by Gasteiger charge is -2.06. The molecular formula is C15H17FN4S. The molecule has 0 unspecified atom stereocenters. The van der Waals surface area contributed by atoms with Gasteiger partial charge >= 0.3 is 0 Å². The van der Waals surface area contributed by atoms with Crippen molar-refractivity contribution in [1.82, 2.24) is 19.3 Å². The van der Waals surface area contributed by atoms with E-state index in [0.717, 1.165) is 28.0 Å². The number of benzene rings is 1. The van der Waals surface area contributed by atoms with Gasteiger partial charge in [0.25, 0.3) is 0 Å². The summed E-state index contributed by atoms with van der Waals surface area (Å²) in [6.07, 6.45) is 0. The van der Waals surface area contributed by atoms with E-state index in [4.69, 9.17) is 12.2 Å². The number of aromatic amines is 1. The van der Waals surface area contributed by atoms with Crippen LogP contribution in [-0.4, -0.2) is 19.3 Å². The molecule has 110 valence electrons. The molecule has 4 nitrogen and oxygen atoms in total. The molecule has 1 N–H and O–H groups in total. The Kier molecular flexibility index (Phi) is 3.20. The van der Waals surface area contributed by atoms with Crippen LogP contribution in [0.1, 0.15) is 22.5 Å². The maximum Gasteiger partial charge on any atom is 0.178 e. The van der Waals surface area contributed by atoms with Gasteiger partial charge in [0.2, 0.25) is 0 Å². The van der Waals surface area contributed by atoms with Crippen LogP contribution in [0.15, 0.2) is 12.1 Å². The first-order chi connectivity index (χ1) is 9.88. The van der Waals surface area contributed by atoms with Gasteiger partial charge in [-0.1, -0.05) is 0 Å². The van der Waals surface area contributed by atoms with E-state index in [9.17, 15) is 4.39 Å². The van der Waals surface area contributed by atoms with E-state index < -0.39 is 0 Å². The van der Waals surface area contributed by atoms with Crippen LogP contribution in [0, 0.1) is 31.4 Å². The van der Waals surface area contributed by atoms with Gasteiger partial charge in [0, 0.05) is 18.3 Å². The molecule has 0 aliphatic heterocycles. The smallest absolute Gasteiger partial charge is 0.178 e. The molecule has 0 saturated carbocycles. The second-order valence-corrected chi connectivity index (χ2v) is 5.79. The molecule has 0 saturated heterocycles. The van der Waals surface area contributed by atoms with Gasteiger partial charge in [0.05, 0.1) is 23.3 Å². The molecule has 6 heteroatoms. The van der Waals surface area contributed by atoms with Crippen LogP contribution in [0.4, 0.5) is 4.39 Å². The van der Waals surface area contributed by atoms with Crippen LogP contribution in [0.25, 0.3) is 11.0 Å². The molecule has 0 amide bonds. The minimum Gasteiger partial charge on any atom is -0.330 e. The molecule has 0 aliphatic carbocycles. The fourth-order valence-corrected chi connectivity index (χ4v) is 2.92. The Morgan fingerprint density at radius 2 is 2.00 bits per heavy atom. The average molecular weight is 304 g/mol. The van der Waals surface area contributed by atoms with Crippen molar-refractivity contribution >= 4 is 23.3 Å². The zero-order chi connectivity index (χ0) is 15.3. The van der Waals surface area contributed by atoms with Gasteiger partial charge in [0.1, 0.15) is 5.82 Å². The number of nitrogens with zero attached hydrogens (tertiary/aromatic N) is 3. The number of nitrogens with one attached hydrogen (secondary N) is 1. The Morgan fingerprint density at radius 3 is 2.62 bits per heavy atom. The van der Waals surface area contributed by atoms with E-state index in [-0.39, 0.29) is 5.82 Å². The summed E-state index contributed by atoms with van der Waals surface area (Å²) in [6, 6.07) is 3.33. The van der Waals surface area contributed by atoms with Crippen molar-refractivity contribution in [3.63, 3.8) is 0 Å². The average Bonchev–Trinajstić information content (AvgIpc) is 2.83. The fourth-order valence-electron chi connectivity index (χ4n) is 2.64. The second-order valence-electron chi connectivity index (χ2n) is 5.41. The van der Waals surface area contributed by atoms with Crippen LogP contribution in [0.2, 0.25) is 0 Å². The summed E-state index contributed by atoms with van der Waals surface area (Å²) in [7, 11) is 1.93. The molecule has 3 aromatic rings. The van der Waals surface area contributed by atoms with Crippen molar-refractivity contribution < 1.29 is 4.39 Å². The predicted octanol–water partition coefficient (Wildman–Crippen LogP) is 3.55. The highest BCUT2D eigenvalue weighted by Crippen LogP contribution is 2.22. The molecule has 0 fully saturated rings. The lowest BCUT2D eigenvalue weighted by Crippen LogP contribution is -2.03. The first-order valence-electron chi connectivity index (χ1n) is 6.76.